The summed E-state index contributed by atoms with van der Waals surface area (Å²) in [4.78, 5) is 6.83. The molecule has 17 atom stereocenters. The molecule has 3 heterocycles. The first-order chi connectivity index (χ1) is 28.2. The number of fused-ring (bicyclic) bond motifs is 9. The molecule has 9 saturated carbocycles. The van der Waals surface area contributed by atoms with Crippen LogP contribution in [0.15, 0.2) is 0 Å². The normalized spacial score (nSPS) is 52.6. The fourth-order valence-corrected chi connectivity index (χ4v) is 22.3. The highest BCUT2D eigenvalue weighted by Gasteiger charge is 2.59. The van der Waals surface area contributed by atoms with Gasteiger partial charge in [-0.25, -0.2) is 0 Å². The van der Waals surface area contributed by atoms with E-state index < -0.39 is 0 Å². The molecule has 57 heavy (non-hydrogen) atoms. The molecule has 2 nitrogen and oxygen atoms in total. The van der Waals surface area contributed by atoms with Gasteiger partial charge in [0.05, 0.1) is 0 Å². The fraction of sp³-hybridized carbons (Fsp3) is 1.00. The van der Waals surface area contributed by atoms with Gasteiger partial charge < -0.3 is 0 Å². The predicted octanol–water partition coefficient (Wildman–Crippen LogP) is 14.1. The van der Waals surface area contributed by atoms with Crippen molar-refractivity contribution in [1.29, 1.82) is 0 Å². The third-order valence-electron chi connectivity index (χ3n) is 22.4. The van der Waals surface area contributed by atoms with E-state index in [0.29, 0.717) is 0 Å². The molecule has 9 aliphatic carbocycles. The van der Waals surface area contributed by atoms with Crippen LogP contribution in [0.2, 0.25) is 0 Å². The van der Waals surface area contributed by atoms with Crippen molar-refractivity contribution in [2.75, 3.05) is 0 Å². The second kappa shape index (κ2) is 16.8. The van der Waals surface area contributed by atoms with E-state index >= 15 is 0 Å². The minimum absolute atomic E-state index is 0.944. The third-order valence-corrected chi connectivity index (χ3v) is 24.2. The Morgan fingerprint density at radius 2 is 0.719 bits per heavy atom. The zero-order valence-electron chi connectivity index (χ0n) is 36.9. The molecule has 3 heteroatoms. The lowest BCUT2D eigenvalue weighted by molar-refractivity contribution is -0.00564. The maximum absolute atomic E-state index is 3.45. The fourth-order valence-electron chi connectivity index (χ4n) is 20.2. The highest BCUT2D eigenvalue weighted by molar-refractivity contribution is 8.00. The van der Waals surface area contributed by atoms with Crippen LogP contribution >= 0.6 is 11.8 Å². The minimum Gasteiger partial charge on any atom is -0.294 e. The molecule has 0 amide bonds. The molecule has 17 unspecified atom stereocenters. The molecule has 0 bridgehead atoms. The molecule has 0 N–H and O–H groups in total. The Balaban J connectivity index is 0.750. The van der Waals surface area contributed by atoms with E-state index in [1.165, 1.54) is 25.7 Å². The molecule has 0 spiro atoms. The third kappa shape index (κ3) is 7.15. The van der Waals surface area contributed by atoms with Crippen molar-refractivity contribution in [3.63, 3.8) is 0 Å². The molecule has 3 aliphatic heterocycles. The van der Waals surface area contributed by atoms with Crippen molar-refractivity contribution in [3.8, 4) is 0 Å². The first kappa shape index (κ1) is 38.9. The summed E-state index contributed by atoms with van der Waals surface area (Å²) < 4.78 is 0. The maximum atomic E-state index is 3.45. The Hall–Kier alpha value is 0.270. The van der Waals surface area contributed by atoms with Gasteiger partial charge in [0.2, 0.25) is 0 Å². The Morgan fingerprint density at radius 3 is 1.32 bits per heavy atom. The molecule has 12 aliphatic rings. The number of nitrogens with zero attached hydrogens (tertiary/aromatic N) is 2. The van der Waals surface area contributed by atoms with Crippen LogP contribution in [-0.4, -0.2) is 56.6 Å². The molecule has 12 fully saturated rings. The van der Waals surface area contributed by atoms with E-state index in [4.69, 9.17) is 0 Å². The van der Waals surface area contributed by atoms with Crippen LogP contribution in [-0.2, 0) is 0 Å². The van der Waals surface area contributed by atoms with Gasteiger partial charge in [-0.2, -0.15) is 11.8 Å². The number of thioether (sulfide) groups is 1. The molecule has 320 valence electrons. The van der Waals surface area contributed by atoms with Crippen molar-refractivity contribution in [2.45, 2.75) is 265 Å². The van der Waals surface area contributed by atoms with Crippen LogP contribution in [0.5, 0.6) is 0 Å². The quantitative estimate of drug-likeness (QED) is 0.274. The van der Waals surface area contributed by atoms with Crippen LogP contribution < -0.4 is 0 Å². The van der Waals surface area contributed by atoms with Crippen LogP contribution in [0.25, 0.3) is 0 Å². The summed E-state index contributed by atoms with van der Waals surface area (Å²) in [5.41, 5.74) is 0. The summed E-state index contributed by atoms with van der Waals surface area (Å²) in [5.74, 6) is 12.8. The molecular formula is C54H88N2S. The Kier molecular flexibility index (Phi) is 11.4. The van der Waals surface area contributed by atoms with E-state index in [1.807, 2.05) is 0 Å². The summed E-state index contributed by atoms with van der Waals surface area (Å²) in [6.45, 7) is 0. The largest absolute Gasteiger partial charge is 0.294 e. The lowest BCUT2D eigenvalue weighted by atomic mass is 9.62. The van der Waals surface area contributed by atoms with E-state index in [0.717, 1.165) is 118 Å². The minimum atomic E-state index is 0.944. The Labute approximate surface area is 356 Å². The van der Waals surface area contributed by atoms with E-state index in [1.54, 1.807) is 193 Å². The maximum Gasteiger partial charge on any atom is 0.0133 e. The van der Waals surface area contributed by atoms with Crippen molar-refractivity contribution < 1.29 is 0 Å². The molecule has 3 saturated heterocycles. The van der Waals surface area contributed by atoms with Crippen molar-refractivity contribution in [3.05, 3.63) is 0 Å². The van der Waals surface area contributed by atoms with E-state index in [2.05, 4.69) is 21.6 Å². The summed E-state index contributed by atoms with van der Waals surface area (Å²) in [6, 6.07) is 5.76. The van der Waals surface area contributed by atoms with E-state index in [-0.39, 0.29) is 0 Å². The van der Waals surface area contributed by atoms with Gasteiger partial charge in [0, 0.05) is 46.8 Å². The summed E-state index contributed by atoms with van der Waals surface area (Å²) in [6.07, 6.45) is 53.5. The van der Waals surface area contributed by atoms with Crippen molar-refractivity contribution in [2.24, 2.45) is 71.0 Å². The average molecular weight is 797 g/mol. The zero-order valence-corrected chi connectivity index (χ0v) is 37.7. The molecule has 12 rings (SSSR count). The topological polar surface area (TPSA) is 6.48 Å². The van der Waals surface area contributed by atoms with Gasteiger partial charge in [0.1, 0.15) is 0 Å². The van der Waals surface area contributed by atoms with Crippen molar-refractivity contribution in [1.82, 2.24) is 9.80 Å². The Morgan fingerprint density at radius 1 is 0.246 bits per heavy atom. The predicted molar refractivity (Wildman–Crippen MR) is 240 cm³/mol. The summed E-state index contributed by atoms with van der Waals surface area (Å²) in [7, 11) is 0. The van der Waals surface area contributed by atoms with Gasteiger partial charge in [-0.3, -0.25) is 9.80 Å². The molecule has 0 aromatic carbocycles. The van der Waals surface area contributed by atoms with Crippen LogP contribution in [0, 0.1) is 71.0 Å². The summed E-state index contributed by atoms with van der Waals surface area (Å²) in [5, 5.41) is 2.08. The summed E-state index contributed by atoms with van der Waals surface area (Å²) >= 11 is 2.50. The lowest BCUT2D eigenvalue weighted by Gasteiger charge is -2.50. The van der Waals surface area contributed by atoms with Gasteiger partial charge in [0.25, 0.3) is 0 Å². The van der Waals surface area contributed by atoms with E-state index in [9.17, 15) is 0 Å². The van der Waals surface area contributed by atoms with Gasteiger partial charge in [-0.05, 0) is 187 Å². The second-order valence-corrected chi connectivity index (χ2v) is 26.0. The SMILES string of the molecule is C1CCC(C2CC(C3CCCCC3)CC(N3C4CCCCC4C4CC(C5CCC6C(C5)C5CCCCC5N6C5CCC6SC7CCCCC7C6C5)CCC43)C2)CC1. The first-order valence-electron chi connectivity index (χ1n) is 27.5. The lowest BCUT2D eigenvalue weighted by Crippen LogP contribution is -2.52. The van der Waals surface area contributed by atoms with Gasteiger partial charge in [-0.1, -0.05) is 103 Å². The van der Waals surface area contributed by atoms with Crippen LogP contribution in [0.3, 0.4) is 0 Å². The standard InChI is InChI=1S/C54H88N2S/c1-3-13-35(14-4-1)39-29-40(36-15-5-2-6-16-36)31-42(30-39)56-50-21-11-8-18-44(50)47-33-38(24-27-52(47)56)37-23-26-51-46(32-37)43-17-7-10-20-49(43)55(51)41-25-28-54-48(34-41)45-19-9-12-22-53(45)57-54/h35-54H,1-34H2. The number of hydrogen-bond donors (Lipinski definition) is 0. The number of hydrogen-bond acceptors (Lipinski definition) is 3. The number of likely N-dealkylation sites (tertiary alicyclic amines) is 2. The van der Waals surface area contributed by atoms with Crippen LogP contribution in [0.4, 0.5) is 0 Å². The molecule has 0 radical (unpaired) electrons. The average Bonchev–Trinajstić information content (AvgIpc) is 3.94. The molecule has 0 aromatic rings. The van der Waals surface area contributed by atoms with Gasteiger partial charge >= 0.3 is 0 Å². The zero-order chi connectivity index (χ0) is 37.5. The first-order valence-corrected chi connectivity index (χ1v) is 28.4. The van der Waals surface area contributed by atoms with Crippen molar-refractivity contribution >= 4 is 11.8 Å². The molecule has 0 aromatic heterocycles. The number of rotatable bonds is 5. The monoisotopic (exact) mass is 797 g/mol. The highest BCUT2D eigenvalue weighted by Crippen LogP contribution is 2.61. The van der Waals surface area contributed by atoms with Gasteiger partial charge in [-0.15, -0.1) is 0 Å². The van der Waals surface area contributed by atoms with Gasteiger partial charge in [0.15, 0.2) is 0 Å². The smallest absolute Gasteiger partial charge is 0.0133 e. The molecular weight excluding hydrogens is 709 g/mol. The second-order valence-electron chi connectivity index (χ2n) is 24.5. The Bertz CT molecular complexity index is 1330. The van der Waals surface area contributed by atoms with Crippen LogP contribution in [0.1, 0.15) is 218 Å². The highest BCUT2D eigenvalue weighted by atomic mass is 32.2.